The maximum Gasteiger partial charge on any atom is 0.419 e. The summed E-state index contributed by atoms with van der Waals surface area (Å²) in [7, 11) is 0. The third kappa shape index (κ3) is 3.09. The van der Waals surface area contributed by atoms with Gasteiger partial charge in [-0.3, -0.25) is 0 Å². The number of hydrogen-bond donors (Lipinski definition) is 3. The summed E-state index contributed by atoms with van der Waals surface area (Å²) in [5.74, 6) is -2.45. The molecule has 1 rings (SSSR count). The van der Waals surface area contributed by atoms with Crippen LogP contribution in [0, 0.1) is 5.82 Å². The molecule has 0 fully saturated rings. The van der Waals surface area contributed by atoms with Crippen molar-refractivity contribution in [3.63, 3.8) is 0 Å². The molecule has 0 aliphatic carbocycles. The number of urea groups is 1. The molecule has 9 heteroatoms. The van der Waals surface area contributed by atoms with Crippen LogP contribution in [0.1, 0.15) is 11.1 Å². The van der Waals surface area contributed by atoms with E-state index in [1.165, 1.54) is 0 Å². The largest absolute Gasteiger partial charge is 0.507 e. The predicted molar refractivity (Wildman–Crippen MR) is 53.4 cm³/mol. The highest BCUT2D eigenvalue weighted by Crippen LogP contribution is 2.37. The zero-order chi connectivity index (χ0) is 13.9. The number of benzene rings is 1. The molecule has 18 heavy (non-hydrogen) atoms. The molecule has 0 atom stereocenters. The zero-order valence-corrected chi connectivity index (χ0v) is 8.62. The van der Waals surface area contributed by atoms with Crippen molar-refractivity contribution in [3.05, 3.63) is 29.1 Å². The number of phenolic OH excluding ortho intramolecular Hbond substituents is 1. The first-order valence-corrected chi connectivity index (χ1v) is 4.40. The lowest BCUT2D eigenvalue weighted by Crippen LogP contribution is -2.24. The molecule has 1 aromatic rings. The summed E-state index contributed by atoms with van der Waals surface area (Å²) >= 11 is 0. The third-order valence-electron chi connectivity index (χ3n) is 1.84. The van der Waals surface area contributed by atoms with E-state index in [4.69, 9.17) is 0 Å². The van der Waals surface area contributed by atoms with Gasteiger partial charge < -0.3 is 10.8 Å². The van der Waals surface area contributed by atoms with Crippen molar-refractivity contribution in [2.45, 2.75) is 6.18 Å². The Kier molecular flexibility index (Phi) is 3.74. The molecule has 0 bridgehead atoms. The number of halogens is 4. The lowest BCUT2D eigenvalue weighted by molar-refractivity contribution is -0.138. The molecular weight excluding hydrogens is 258 g/mol. The van der Waals surface area contributed by atoms with Gasteiger partial charge in [-0.1, -0.05) is 0 Å². The minimum absolute atomic E-state index is 0.392. The first-order valence-electron chi connectivity index (χ1n) is 4.40. The molecule has 0 aliphatic heterocycles. The molecule has 0 aliphatic rings. The molecule has 98 valence electrons. The average molecular weight is 265 g/mol. The van der Waals surface area contributed by atoms with E-state index >= 15 is 0 Å². The number of rotatable bonds is 2. The molecule has 5 nitrogen and oxygen atoms in total. The Morgan fingerprint density at radius 2 is 2.06 bits per heavy atom. The van der Waals surface area contributed by atoms with E-state index in [1.54, 1.807) is 5.43 Å². The molecule has 0 saturated carbocycles. The van der Waals surface area contributed by atoms with E-state index in [0.29, 0.717) is 18.3 Å². The Balaban J connectivity index is 3.19. The second-order valence-corrected chi connectivity index (χ2v) is 3.09. The first kappa shape index (κ1) is 13.7. The molecule has 0 saturated heterocycles. The van der Waals surface area contributed by atoms with Crippen molar-refractivity contribution in [1.82, 2.24) is 5.43 Å². The highest BCUT2D eigenvalue weighted by molar-refractivity contribution is 5.85. The number of nitrogens with one attached hydrogen (secondary N) is 1. The second kappa shape index (κ2) is 4.90. The number of primary amides is 1. The standard InChI is InChI=1S/C9H7F4N3O2/c10-6-2-1-5(9(11,12)13)7(17)4(6)3-15-16-8(14)18/h1-3,17H,(H3,14,16,18). The quantitative estimate of drug-likeness (QED) is 0.430. The molecule has 2 amide bonds. The lowest BCUT2D eigenvalue weighted by atomic mass is 10.1. The van der Waals surface area contributed by atoms with Crippen LogP contribution in [0.25, 0.3) is 0 Å². The number of alkyl halides is 3. The number of phenols is 1. The van der Waals surface area contributed by atoms with Crippen LogP contribution in [-0.4, -0.2) is 17.4 Å². The molecule has 0 aromatic heterocycles. The van der Waals surface area contributed by atoms with E-state index in [0.717, 1.165) is 0 Å². The number of hydrazone groups is 1. The SMILES string of the molecule is NC(=O)NN=Cc1c(F)ccc(C(F)(F)F)c1O. The Bertz CT molecular complexity index is 499. The minimum atomic E-state index is -4.84. The number of carbonyl (C=O) groups is 1. The van der Waals surface area contributed by atoms with Crippen molar-refractivity contribution in [1.29, 1.82) is 0 Å². The number of nitrogens with two attached hydrogens (primary N) is 1. The van der Waals surface area contributed by atoms with E-state index in [2.05, 4.69) is 10.8 Å². The lowest BCUT2D eigenvalue weighted by Gasteiger charge is -2.10. The molecule has 1 aromatic carbocycles. The van der Waals surface area contributed by atoms with Gasteiger partial charge in [0.25, 0.3) is 0 Å². The van der Waals surface area contributed by atoms with E-state index in [1.807, 2.05) is 0 Å². The molecule has 0 heterocycles. The van der Waals surface area contributed by atoms with Gasteiger partial charge in [-0.2, -0.15) is 18.3 Å². The first-order chi connectivity index (χ1) is 8.23. The zero-order valence-electron chi connectivity index (χ0n) is 8.62. The second-order valence-electron chi connectivity index (χ2n) is 3.09. The fraction of sp³-hybridized carbons (Fsp3) is 0.111. The van der Waals surface area contributed by atoms with E-state index < -0.39 is 34.9 Å². The predicted octanol–water partition coefficient (Wildman–Crippen LogP) is 1.55. The van der Waals surface area contributed by atoms with Crippen molar-refractivity contribution < 1.29 is 27.5 Å². The number of amides is 2. The van der Waals surface area contributed by atoms with Crippen LogP contribution in [0.15, 0.2) is 17.2 Å². The molecular formula is C9H7F4N3O2. The van der Waals surface area contributed by atoms with Crippen LogP contribution < -0.4 is 11.2 Å². The molecule has 0 spiro atoms. The van der Waals surface area contributed by atoms with Crippen LogP contribution in [0.3, 0.4) is 0 Å². The summed E-state index contributed by atoms with van der Waals surface area (Å²) < 4.78 is 50.4. The summed E-state index contributed by atoms with van der Waals surface area (Å²) in [5, 5.41) is 12.3. The number of carbonyl (C=O) groups excluding carboxylic acids is 1. The van der Waals surface area contributed by atoms with Crippen molar-refractivity contribution in [2.24, 2.45) is 10.8 Å². The van der Waals surface area contributed by atoms with Gasteiger partial charge in [0.2, 0.25) is 0 Å². The van der Waals surface area contributed by atoms with Crippen LogP contribution in [0.5, 0.6) is 5.75 Å². The number of aromatic hydroxyl groups is 1. The van der Waals surface area contributed by atoms with Crippen LogP contribution in [0.2, 0.25) is 0 Å². The van der Waals surface area contributed by atoms with Gasteiger partial charge in [0, 0.05) is 0 Å². The van der Waals surface area contributed by atoms with Crippen LogP contribution in [-0.2, 0) is 6.18 Å². The minimum Gasteiger partial charge on any atom is -0.507 e. The van der Waals surface area contributed by atoms with Gasteiger partial charge in [-0.05, 0) is 12.1 Å². The molecule has 0 radical (unpaired) electrons. The van der Waals surface area contributed by atoms with Crippen LogP contribution in [0.4, 0.5) is 22.4 Å². The summed E-state index contributed by atoms with van der Waals surface area (Å²) in [5.41, 5.74) is 4.07. The smallest absolute Gasteiger partial charge is 0.419 e. The summed E-state index contributed by atoms with van der Waals surface area (Å²) in [6.07, 6.45) is -4.32. The topological polar surface area (TPSA) is 87.7 Å². The van der Waals surface area contributed by atoms with Crippen molar-refractivity contribution >= 4 is 12.2 Å². The van der Waals surface area contributed by atoms with Gasteiger partial charge in [-0.15, -0.1) is 0 Å². The highest BCUT2D eigenvalue weighted by atomic mass is 19.4. The molecule has 0 unspecified atom stereocenters. The summed E-state index contributed by atoms with van der Waals surface area (Å²) in [6, 6.07) is -0.171. The van der Waals surface area contributed by atoms with Gasteiger partial charge in [0.05, 0.1) is 17.3 Å². The summed E-state index contributed by atoms with van der Waals surface area (Å²) in [4.78, 5) is 10.2. The third-order valence-corrected chi connectivity index (χ3v) is 1.84. The maximum atomic E-state index is 13.2. The van der Waals surface area contributed by atoms with E-state index in [9.17, 15) is 27.5 Å². The maximum absolute atomic E-state index is 13.2. The fourth-order valence-electron chi connectivity index (χ4n) is 1.10. The molecule has 4 N–H and O–H groups in total. The Morgan fingerprint density at radius 3 is 2.56 bits per heavy atom. The van der Waals surface area contributed by atoms with E-state index in [-0.39, 0.29) is 0 Å². The Hall–Kier alpha value is -2.32. The Labute approximate surface area is 97.9 Å². The van der Waals surface area contributed by atoms with Crippen molar-refractivity contribution in [3.8, 4) is 5.75 Å². The van der Waals surface area contributed by atoms with Gasteiger partial charge in [0.1, 0.15) is 11.6 Å². The normalized spacial score (nSPS) is 11.8. The summed E-state index contributed by atoms with van der Waals surface area (Å²) in [6.45, 7) is 0. The highest BCUT2D eigenvalue weighted by Gasteiger charge is 2.35. The van der Waals surface area contributed by atoms with Crippen molar-refractivity contribution in [2.75, 3.05) is 0 Å². The van der Waals surface area contributed by atoms with Gasteiger partial charge >= 0.3 is 12.2 Å². The average Bonchev–Trinajstić information content (AvgIpc) is 2.20. The monoisotopic (exact) mass is 265 g/mol. The van der Waals surface area contributed by atoms with Gasteiger partial charge in [-0.25, -0.2) is 14.6 Å². The Morgan fingerprint density at radius 1 is 1.44 bits per heavy atom. The fourth-order valence-corrected chi connectivity index (χ4v) is 1.10. The van der Waals surface area contributed by atoms with Crippen LogP contribution >= 0.6 is 0 Å². The van der Waals surface area contributed by atoms with Gasteiger partial charge in [0.15, 0.2) is 0 Å². The number of nitrogens with zero attached hydrogens (tertiary/aromatic N) is 1. The number of hydrogen-bond acceptors (Lipinski definition) is 3.